The first-order valence-electron chi connectivity index (χ1n) is 10.3. The fourth-order valence-electron chi connectivity index (χ4n) is 3.71. The third-order valence-corrected chi connectivity index (χ3v) is 5.23. The number of hydrogen-bond donors (Lipinski definition) is 0. The summed E-state index contributed by atoms with van der Waals surface area (Å²) in [5.41, 5.74) is 0. The fourth-order valence-corrected chi connectivity index (χ4v) is 3.71. The molecular weight excluding hydrogens is 252 g/mol. The molecule has 0 aromatic carbocycles. The molecule has 2 unspecified atom stereocenters. The normalized spacial score (nSPS) is 14.3. The van der Waals surface area contributed by atoms with E-state index in [1.165, 1.54) is 96.3 Å². The molecule has 0 heteroatoms. The van der Waals surface area contributed by atoms with E-state index >= 15 is 0 Å². The predicted octanol–water partition coefficient (Wildman–Crippen LogP) is 8.15. The van der Waals surface area contributed by atoms with Crippen LogP contribution in [-0.2, 0) is 0 Å². The van der Waals surface area contributed by atoms with E-state index in [1.54, 1.807) is 0 Å². The van der Waals surface area contributed by atoms with Crippen LogP contribution in [-0.4, -0.2) is 0 Å². The Hall–Kier alpha value is 0. The van der Waals surface area contributed by atoms with Crippen LogP contribution in [0.25, 0.3) is 0 Å². The van der Waals surface area contributed by atoms with E-state index in [4.69, 9.17) is 0 Å². The zero-order valence-electron chi connectivity index (χ0n) is 15.8. The van der Waals surface area contributed by atoms with Gasteiger partial charge in [0.15, 0.2) is 0 Å². The maximum absolute atomic E-state index is 2.43. The van der Waals surface area contributed by atoms with E-state index in [0.29, 0.717) is 0 Å². The summed E-state index contributed by atoms with van der Waals surface area (Å²) in [6.07, 6.45) is 21.7. The fraction of sp³-hybridized carbons (Fsp3) is 1.00. The molecule has 0 aliphatic rings. The van der Waals surface area contributed by atoms with Crippen LogP contribution >= 0.6 is 0 Å². The summed E-state index contributed by atoms with van der Waals surface area (Å²) in [7, 11) is 0. The van der Waals surface area contributed by atoms with E-state index in [-0.39, 0.29) is 0 Å². The van der Waals surface area contributed by atoms with Crippen molar-refractivity contribution in [2.75, 3.05) is 0 Å². The molecule has 0 N–H and O–H groups in total. The van der Waals surface area contributed by atoms with E-state index < -0.39 is 0 Å². The van der Waals surface area contributed by atoms with Crippen LogP contribution in [0.4, 0.5) is 0 Å². The highest BCUT2D eigenvalue weighted by Gasteiger charge is 2.18. The standard InChI is InChI=1S/C21H44/c1-5-9-12-13-16-19-21(18-15-11-7-3)20(8-4)17-14-10-6-2/h20-21H,5-19H2,1-4H3. The lowest BCUT2D eigenvalue weighted by Crippen LogP contribution is -2.15. The van der Waals surface area contributed by atoms with Gasteiger partial charge in [0, 0.05) is 0 Å². The summed E-state index contributed by atoms with van der Waals surface area (Å²) in [4.78, 5) is 0. The van der Waals surface area contributed by atoms with Gasteiger partial charge in [-0.25, -0.2) is 0 Å². The van der Waals surface area contributed by atoms with Crippen LogP contribution in [0.5, 0.6) is 0 Å². The van der Waals surface area contributed by atoms with E-state index in [1.807, 2.05) is 0 Å². The number of unbranched alkanes of at least 4 members (excludes halogenated alkanes) is 8. The quantitative estimate of drug-likeness (QED) is 0.252. The topological polar surface area (TPSA) is 0 Å². The summed E-state index contributed by atoms with van der Waals surface area (Å²) >= 11 is 0. The summed E-state index contributed by atoms with van der Waals surface area (Å²) in [5, 5.41) is 0. The van der Waals surface area contributed by atoms with Crippen molar-refractivity contribution < 1.29 is 0 Å². The lowest BCUT2D eigenvalue weighted by molar-refractivity contribution is 0.250. The zero-order valence-corrected chi connectivity index (χ0v) is 15.8. The molecule has 128 valence electrons. The smallest absolute Gasteiger partial charge is 0.0386 e. The minimum absolute atomic E-state index is 1.01. The van der Waals surface area contributed by atoms with E-state index in [9.17, 15) is 0 Å². The molecule has 0 radical (unpaired) electrons. The van der Waals surface area contributed by atoms with Crippen molar-refractivity contribution in [2.24, 2.45) is 11.8 Å². The largest absolute Gasteiger partial charge is 0.0654 e. The molecule has 0 rings (SSSR count). The summed E-state index contributed by atoms with van der Waals surface area (Å²) in [6.45, 7) is 9.40. The Kier molecular flexibility index (Phi) is 16.4. The van der Waals surface area contributed by atoms with Crippen molar-refractivity contribution in [1.82, 2.24) is 0 Å². The molecule has 0 saturated heterocycles. The van der Waals surface area contributed by atoms with Gasteiger partial charge in [-0.3, -0.25) is 0 Å². The Bertz CT molecular complexity index is 184. The molecule has 0 fully saturated rings. The van der Waals surface area contributed by atoms with Crippen molar-refractivity contribution in [3.05, 3.63) is 0 Å². The predicted molar refractivity (Wildman–Crippen MR) is 98.9 cm³/mol. The highest BCUT2D eigenvalue weighted by molar-refractivity contribution is 4.70. The third-order valence-electron chi connectivity index (χ3n) is 5.23. The summed E-state index contributed by atoms with van der Waals surface area (Å²) < 4.78 is 0. The van der Waals surface area contributed by atoms with Gasteiger partial charge < -0.3 is 0 Å². The van der Waals surface area contributed by atoms with Gasteiger partial charge in [0.1, 0.15) is 0 Å². The Morgan fingerprint density at radius 2 is 0.810 bits per heavy atom. The second-order valence-electron chi connectivity index (χ2n) is 7.12. The maximum atomic E-state index is 2.43. The van der Waals surface area contributed by atoms with E-state index in [2.05, 4.69) is 27.7 Å². The minimum atomic E-state index is 1.01. The van der Waals surface area contributed by atoms with Gasteiger partial charge in [-0.1, -0.05) is 124 Å². The first kappa shape index (κ1) is 21.0. The van der Waals surface area contributed by atoms with Gasteiger partial charge in [0.25, 0.3) is 0 Å². The summed E-state index contributed by atoms with van der Waals surface area (Å²) in [5.74, 6) is 2.04. The lowest BCUT2D eigenvalue weighted by Gasteiger charge is -2.27. The van der Waals surface area contributed by atoms with Crippen LogP contribution in [0.3, 0.4) is 0 Å². The molecule has 0 amide bonds. The highest BCUT2D eigenvalue weighted by Crippen LogP contribution is 2.31. The Morgan fingerprint density at radius 1 is 0.429 bits per heavy atom. The van der Waals surface area contributed by atoms with Crippen molar-refractivity contribution in [2.45, 2.75) is 124 Å². The first-order chi connectivity index (χ1) is 10.3. The Labute approximate surface area is 136 Å². The maximum Gasteiger partial charge on any atom is -0.0386 e. The van der Waals surface area contributed by atoms with Crippen molar-refractivity contribution in [3.63, 3.8) is 0 Å². The van der Waals surface area contributed by atoms with Crippen LogP contribution in [0.2, 0.25) is 0 Å². The molecule has 0 saturated carbocycles. The monoisotopic (exact) mass is 296 g/mol. The van der Waals surface area contributed by atoms with Crippen molar-refractivity contribution in [1.29, 1.82) is 0 Å². The Balaban J connectivity index is 4.11. The molecule has 0 nitrogen and oxygen atoms in total. The molecule has 0 aliphatic heterocycles. The molecule has 0 aromatic heterocycles. The van der Waals surface area contributed by atoms with Crippen molar-refractivity contribution >= 4 is 0 Å². The number of rotatable bonds is 16. The van der Waals surface area contributed by atoms with E-state index in [0.717, 1.165) is 11.8 Å². The average molecular weight is 297 g/mol. The molecule has 0 bridgehead atoms. The number of hydrogen-bond acceptors (Lipinski definition) is 0. The second-order valence-corrected chi connectivity index (χ2v) is 7.12. The van der Waals surface area contributed by atoms with Crippen LogP contribution in [0, 0.1) is 11.8 Å². The molecule has 0 spiro atoms. The van der Waals surface area contributed by atoms with Gasteiger partial charge >= 0.3 is 0 Å². The zero-order chi connectivity index (χ0) is 15.8. The van der Waals surface area contributed by atoms with Crippen LogP contribution in [0.1, 0.15) is 124 Å². The first-order valence-corrected chi connectivity index (χ1v) is 10.3. The molecule has 0 aliphatic carbocycles. The molecular formula is C21H44. The van der Waals surface area contributed by atoms with Gasteiger partial charge in [-0.2, -0.15) is 0 Å². The average Bonchev–Trinajstić information content (AvgIpc) is 2.50. The highest BCUT2D eigenvalue weighted by atomic mass is 14.2. The third kappa shape index (κ3) is 12.2. The van der Waals surface area contributed by atoms with Gasteiger partial charge in [0.2, 0.25) is 0 Å². The lowest BCUT2D eigenvalue weighted by atomic mass is 9.79. The molecule has 0 heterocycles. The molecule has 2 atom stereocenters. The van der Waals surface area contributed by atoms with Crippen LogP contribution < -0.4 is 0 Å². The second kappa shape index (κ2) is 16.4. The SMILES string of the molecule is CCCCCCCC(CCCCC)C(CC)CCCCC. The van der Waals surface area contributed by atoms with Crippen LogP contribution in [0.15, 0.2) is 0 Å². The van der Waals surface area contributed by atoms with Gasteiger partial charge in [-0.15, -0.1) is 0 Å². The van der Waals surface area contributed by atoms with Crippen molar-refractivity contribution in [3.8, 4) is 0 Å². The molecule has 21 heavy (non-hydrogen) atoms. The minimum Gasteiger partial charge on any atom is -0.0654 e. The Morgan fingerprint density at radius 3 is 1.29 bits per heavy atom. The summed E-state index contributed by atoms with van der Waals surface area (Å²) in [6, 6.07) is 0. The van der Waals surface area contributed by atoms with Gasteiger partial charge in [-0.05, 0) is 11.8 Å². The molecule has 0 aromatic rings. The van der Waals surface area contributed by atoms with Gasteiger partial charge in [0.05, 0.1) is 0 Å².